The zero-order valence-electron chi connectivity index (χ0n) is 10.2. The van der Waals surface area contributed by atoms with Gasteiger partial charge in [-0.15, -0.1) is 0 Å². The summed E-state index contributed by atoms with van der Waals surface area (Å²) in [5, 5.41) is 12.2. The zero-order chi connectivity index (χ0) is 12.1. The van der Waals surface area contributed by atoms with Gasteiger partial charge in [-0.05, 0) is 19.3 Å². The van der Waals surface area contributed by atoms with Gasteiger partial charge < -0.3 is 16.2 Å². The van der Waals surface area contributed by atoms with Gasteiger partial charge in [-0.25, -0.2) is 0 Å². The van der Waals surface area contributed by atoms with Crippen molar-refractivity contribution in [1.29, 1.82) is 0 Å². The zero-order valence-corrected chi connectivity index (χ0v) is 10.2. The second-order valence-electron chi connectivity index (χ2n) is 4.69. The lowest BCUT2D eigenvalue weighted by Crippen LogP contribution is -2.53. The van der Waals surface area contributed by atoms with Crippen molar-refractivity contribution in [3.8, 4) is 0 Å². The Morgan fingerprint density at radius 1 is 1.53 bits per heavy atom. The summed E-state index contributed by atoms with van der Waals surface area (Å²) in [6.07, 6.45) is 1.01. The number of rotatable bonds is 6. The van der Waals surface area contributed by atoms with E-state index in [4.69, 9.17) is 5.73 Å². The third-order valence-electron chi connectivity index (χ3n) is 2.53. The predicted octanol–water partition coefficient (Wildman–Crippen LogP) is 0.637. The maximum Gasteiger partial charge on any atom is 0.239 e. The molecular formula is C11H24N2O2. The van der Waals surface area contributed by atoms with Crippen molar-refractivity contribution in [1.82, 2.24) is 5.32 Å². The number of amides is 1. The average Bonchev–Trinajstić information content (AvgIpc) is 2.13. The van der Waals surface area contributed by atoms with Crippen LogP contribution >= 0.6 is 0 Å². The van der Waals surface area contributed by atoms with Gasteiger partial charge in [-0.3, -0.25) is 4.79 Å². The fraction of sp³-hybridized carbons (Fsp3) is 0.909. The molecule has 0 aromatic carbocycles. The van der Waals surface area contributed by atoms with Crippen LogP contribution in [-0.4, -0.2) is 29.2 Å². The van der Waals surface area contributed by atoms with Crippen LogP contribution < -0.4 is 11.1 Å². The lowest BCUT2D eigenvalue weighted by Gasteiger charge is -2.24. The maximum atomic E-state index is 11.6. The van der Waals surface area contributed by atoms with E-state index >= 15 is 0 Å². The van der Waals surface area contributed by atoms with E-state index in [9.17, 15) is 9.90 Å². The highest BCUT2D eigenvalue weighted by molar-refractivity contribution is 5.85. The van der Waals surface area contributed by atoms with Crippen LogP contribution in [0.4, 0.5) is 0 Å². The Morgan fingerprint density at radius 3 is 2.47 bits per heavy atom. The van der Waals surface area contributed by atoms with Gasteiger partial charge in [-0.1, -0.05) is 27.2 Å². The Bertz CT molecular complexity index is 203. The quantitative estimate of drug-likeness (QED) is 0.610. The van der Waals surface area contributed by atoms with Crippen LogP contribution in [0.2, 0.25) is 0 Å². The van der Waals surface area contributed by atoms with E-state index in [1.165, 1.54) is 0 Å². The van der Waals surface area contributed by atoms with Gasteiger partial charge >= 0.3 is 0 Å². The van der Waals surface area contributed by atoms with E-state index in [1.807, 2.05) is 20.8 Å². The molecule has 0 radical (unpaired) electrons. The molecule has 0 saturated heterocycles. The predicted molar refractivity (Wildman–Crippen MR) is 61.4 cm³/mol. The first-order valence-corrected chi connectivity index (χ1v) is 5.56. The van der Waals surface area contributed by atoms with Gasteiger partial charge in [0.15, 0.2) is 0 Å². The Labute approximate surface area is 92.2 Å². The number of carbonyl (C=O) groups is 1. The largest absolute Gasteiger partial charge is 0.391 e. The van der Waals surface area contributed by atoms with E-state index in [0.717, 1.165) is 6.42 Å². The summed E-state index contributed by atoms with van der Waals surface area (Å²) in [5.74, 6) is -0.0513. The highest BCUT2D eigenvalue weighted by Gasteiger charge is 2.27. The van der Waals surface area contributed by atoms with Crippen molar-refractivity contribution in [3.05, 3.63) is 0 Å². The van der Waals surface area contributed by atoms with Crippen LogP contribution in [0.3, 0.4) is 0 Å². The summed E-state index contributed by atoms with van der Waals surface area (Å²) in [5.41, 5.74) is 5.01. The van der Waals surface area contributed by atoms with Crippen molar-refractivity contribution in [2.45, 2.75) is 52.2 Å². The third kappa shape index (κ3) is 5.14. The summed E-state index contributed by atoms with van der Waals surface area (Å²) >= 11 is 0. The fourth-order valence-corrected chi connectivity index (χ4v) is 1.27. The Kier molecular flexibility index (Phi) is 5.83. The number of aliphatic hydroxyl groups excluding tert-OH is 1. The third-order valence-corrected chi connectivity index (χ3v) is 2.53. The standard InChI is InChI=1S/C11H24N2O2/c1-5-6-11(4,12)10(15)13-7-9(14)8(2)3/h8-9,14H,5-7,12H2,1-4H3,(H,13,15). The molecule has 1 amide bonds. The monoisotopic (exact) mass is 216 g/mol. The second-order valence-corrected chi connectivity index (χ2v) is 4.69. The first-order valence-electron chi connectivity index (χ1n) is 5.56. The number of nitrogens with two attached hydrogens (primary N) is 1. The van der Waals surface area contributed by atoms with Crippen molar-refractivity contribution in [2.75, 3.05) is 6.54 Å². The van der Waals surface area contributed by atoms with Crippen LogP contribution in [0.5, 0.6) is 0 Å². The Morgan fingerprint density at radius 2 is 2.07 bits per heavy atom. The SMILES string of the molecule is CCCC(C)(N)C(=O)NCC(O)C(C)C. The fourth-order valence-electron chi connectivity index (χ4n) is 1.27. The molecule has 4 heteroatoms. The van der Waals surface area contributed by atoms with Gasteiger partial charge in [0, 0.05) is 6.54 Å². The smallest absolute Gasteiger partial charge is 0.239 e. The van der Waals surface area contributed by atoms with E-state index in [2.05, 4.69) is 5.32 Å². The van der Waals surface area contributed by atoms with Crippen molar-refractivity contribution in [2.24, 2.45) is 11.7 Å². The van der Waals surface area contributed by atoms with Gasteiger partial charge in [0.1, 0.15) is 0 Å². The number of carbonyl (C=O) groups excluding carboxylic acids is 1. The molecule has 0 spiro atoms. The molecule has 0 aliphatic heterocycles. The summed E-state index contributed by atoms with van der Waals surface area (Å²) < 4.78 is 0. The van der Waals surface area contributed by atoms with Crippen LogP contribution in [0.1, 0.15) is 40.5 Å². The summed E-state index contributed by atoms with van der Waals surface area (Å²) in [6, 6.07) is 0. The van der Waals surface area contributed by atoms with Gasteiger partial charge in [-0.2, -0.15) is 0 Å². The summed E-state index contributed by atoms with van der Waals surface area (Å²) in [7, 11) is 0. The Hall–Kier alpha value is -0.610. The highest BCUT2D eigenvalue weighted by atomic mass is 16.3. The molecule has 0 aliphatic rings. The minimum absolute atomic E-state index is 0.139. The molecule has 0 aromatic heterocycles. The van der Waals surface area contributed by atoms with E-state index < -0.39 is 11.6 Å². The maximum absolute atomic E-state index is 11.6. The van der Waals surface area contributed by atoms with Crippen molar-refractivity contribution < 1.29 is 9.90 Å². The molecule has 2 unspecified atom stereocenters. The first-order chi connectivity index (χ1) is 6.81. The average molecular weight is 216 g/mol. The summed E-state index contributed by atoms with van der Waals surface area (Å²) in [6.45, 7) is 7.79. The molecule has 0 heterocycles. The van der Waals surface area contributed by atoms with Gasteiger partial charge in [0.2, 0.25) is 5.91 Å². The molecule has 0 fully saturated rings. The normalized spacial score (nSPS) is 17.3. The molecule has 0 aromatic rings. The van der Waals surface area contributed by atoms with E-state index in [-0.39, 0.29) is 18.4 Å². The molecule has 4 N–H and O–H groups in total. The minimum atomic E-state index is -0.828. The lowest BCUT2D eigenvalue weighted by molar-refractivity contribution is -0.126. The van der Waals surface area contributed by atoms with Crippen LogP contribution in [0.25, 0.3) is 0 Å². The molecule has 0 rings (SSSR count). The van der Waals surface area contributed by atoms with Gasteiger partial charge in [0.05, 0.1) is 11.6 Å². The number of hydrogen-bond acceptors (Lipinski definition) is 3. The molecule has 0 saturated carbocycles. The second kappa shape index (κ2) is 6.08. The molecular weight excluding hydrogens is 192 g/mol. The molecule has 4 nitrogen and oxygen atoms in total. The molecule has 0 aliphatic carbocycles. The highest BCUT2D eigenvalue weighted by Crippen LogP contribution is 2.08. The molecule has 0 bridgehead atoms. The lowest BCUT2D eigenvalue weighted by atomic mass is 9.96. The topological polar surface area (TPSA) is 75.4 Å². The number of aliphatic hydroxyl groups is 1. The van der Waals surface area contributed by atoms with Crippen LogP contribution in [0.15, 0.2) is 0 Å². The van der Waals surface area contributed by atoms with Crippen LogP contribution in [0, 0.1) is 5.92 Å². The van der Waals surface area contributed by atoms with E-state index in [0.29, 0.717) is 6.42 Å². The van der Waals surface area contributed by atoms with E-state index in [1.54, 1.807) is 6.92 Å². The van der Waals surface area contributed by atoms with Crippen molar-refractivity contribution >= 4 is 5.91 Å². The summed E-state index contributed by atoms with van der Waals surface area (Å²) in [4.78, 5) is 11.6. The van der Waals surface area contributed by atoms with Gasteiger partial charge in [0.25, 0.3) is 0 Å². The number of hydrogen-bond donors (Lipinski definition) is 3. The Balaban J connectivity index is 4.03. The molecule has 15 heavy (non-hydrogen) atoms. The van der Waals surface area contributed by atoms with Crippen molar-refractivity contribution in [3.63, 3.8) is 0 Å². The number of nitrogens with one attached hydrogen (secondary N) is 1. The molecule has 90 valence electrons. The first kappa shape index (κ1) is 14.4. The molecule has 2 atom stereocenters. The minimum Gasteiger partial charge on any atom is -0.391 e. The van der Waals surface area contributed by atoms with Crippen LogP contribution in [-0.2, 0) is 4.79 Å².